The van der Waals surface area contributed by atoms with Crippen molar-refractivity contribution in [2.24, 2.45) is 0 Å². The first kappa shape index (κ1) is 8.66. The van der Waals surface area contributed by atoms with Crippen molar-refractivity contribution in [3.8, 4) is 0 Å². The number of hydroxylamine groups is 2. The molecule has 0 rings (SSSR count). The molecule has 0 saturated heterocycles. The molecule has 0 heterocycles. The van der Waals surface area contributed by atoms with Gasteiger partial charge in [0.25, 0.3) is 0 Å². The summed E-state index contributed by atoms with van der Waals surface area (Å²) < 4.78 is 0. The minimum absolute atomic E-state index is 0.810. The quantitative estimate of drug-likeness (QED) is 0.411. The molecule has 0 atom stereocenters. The SMILES string of the molecule is C=CCN(CCC)OC. The first-order valence-electron chi connectivity index (χ1n) is 3.25. The van der Waals surface area contributed by atoms with Crippen LogP contribution in [0.1, 0.15) is 13.3 Å². The lowest BCUT2D eigenvalue weighted by atomic mass is 10.4. The third-order valence-electron chi connectivity index (χ3n) is 1.06. The van der Waals surface area contributed by atoms with Gasteiger partial charge >= 0.3 is 0 Å². The van der Waals surface area contributed by atoms with E-state index < -0.39 is 0 Å². The Bertz CT molecular complexity index is 73.3. The minimum atomic E-state index is 0.810. The van der Waals surface area contributed by atoms with Gasteiger partial charge in [0.1, 0.15) is 0 Å². The zero-order chi connectivity index (χ0) is 7.11. The van der Waals surface area contributed by atoms with Gasteiger partial charge in [-0.1, -0.05) is 13.0 Å². The Balaban J connectivity index is 3.28. The number of nitrogens with zero attached hydrogens (tertiary/aromatic N) is 1. The van der Waals surface area contributed by atoms with E-state index >= 15 is 0 Å². The van der Waals surface area contributed by atoms with Crippen molar-refractivity contribution in [1.82, 2.24) is 5.06 Å². The monoisotopic (exact) mass is 129 g/mol. The second kappa shape index (κ2) is 5.79. The molecule has 0 aromatic heterocycles. The molecule has 0 bridgehead atoms. The number of hydrogen-bond acceptors (Lipinski definition) is 2. The Morgan fingerprint density at radius 3 is 2.67 bits per heavy atom. The van der Waals surface area contributed by atoms with Crippen molar-refractivity contribution < 1.29 is 4.84 Å². The van der Waals surface area contributed by atoms with E-state index in [0.717, 1.165) is 19.5 Å². The maximum absolute atomic E-state index is 4.99. The molecule has 9 heavy (non-hydrogen) atoms. The fourth-order valence-corrected chi connectivity index (χ4v) is 0.651. The molecular formula is C7H15NO. The molecular weight excluding hydrogens is 114 g/mol. The van der Waals surface area contributed by atoms with E-state index in [2.05, 4.69) is 13.5 Å². The smallest absolute Gasteiger partial charge is 0.0575 e. The summed E-state index contributed by atoms with van der Waals surface area (Å²) in [6.45, 7) is 7.51. The molecule has 54 valence electrons. The standard InChI is InChI=1S/C7H15NO/c1-4-6-8(9-3)7-5-2/h4H,1,5-7H2,2-3H3. The summed E-state index contributed by atoms with van der Waals surface area (Å²) in [5.74, 6) is 0. The Kier molecular flexibility index (Phi) is 5.57. The van der Waals surface area contributed by atoms with E-state index in [-0.39, 0.29) is 0 Å². The third-order valence-corrected chi connectivity index (χ3v) is 1.06. The van der Waals surface area contributed by atoms with Gasteiger partial charge in [0.05, 0.1) is 7.11 Å². The lowest BCUT2D eigenvalue weighted by Crippen LogP contribution is -2.22. The molecule has 2 nitrogen and oxygen atoms in total. The van der Waals surface area contributed by atoms with E-state index in [1.54, 1.807) is 7.11 Å². The van der Waals surface area contributed by atoms with Crippen molar-refractivity contribution in [2.75, 3.05) is 20.2 Å². The van der Waals surface area contributed by atoms with Crippen molar-refractivity contribution >= 4 is 0 Å². The lowest BCUT2D eigenvalue weighted by Gasteiger charge is -2.15. The second-order valence-electron chi connectivity index (χ2n) is 1.86. The molecule has 0 spiro atoms. The van der Waals surface area contributed by atoms with Crippen LogP contribution in [-0.4, -0.2) is 25.3 Å². The average Bonchev–Trinajstić information content (AvgIpc) is 1.88. The van der Waals surface area contributed by atoms with Crippen LogP contribution in [0.3, 0.4) is 0 Å². The molecule has 0 unspecified atom stereocenters. The molecule has 0 aliphatic rings. The molecule has 0 saturated carbocycles. The minimum Gasteiger partial charge on any atom is -0.302 e. The largest absolute Gasteiger partial charge is 0.302 e. The Labute approximate surface area is 57.1 Å². The highest BCUT2D eigenvalue weighted by molar-refractivity contribution is 4.68. The van der Waals surface area contributed by atoms with Crippen LogP contribution in [-0.2, 0) is 4.84 Å². The normalized spacial score (nSPS) is 10.1. The van der Waals surface area contributed by atoms with Crippen LogP contribution in [0.25, 0.3) is 0 Å². The van der Waals surface area contributed by atoms with Gasteiger partial charge < -0.3 is 4.84 Å². The van der Waals surface area contributed by atoms with Crippen LogP contribution in [0.4, 0.5) is 0 Å². The van der Waals surface area contributed by atoms with Gasteiger partial charge in [0, 0.05) is 13.1 Å². The first-order valence-corrected chi connectivity index (χ1v) is 3.25. The van der Waals surface area contributed by atoms with Crippen LogP contribution in [0.5, 0.6) is 0 Å². The topological polar surface area (TPSA) is 12.5 Å². The van der Waals surface area contributed by atoms with Gasteiger partial charge in [-0.05, 0) is 6.42 Å². The van der Waals surface area contributed by atoms with Gasteiger partial charge in [0.15, 0.2) is 0 Å². The molecule has 0 amide bonds. The van der Waals surface area contributed by atoms with Gasteiger partial charge in [-0.15, -0.1) is 6.58 Å². The van der Waals surface area contributed by atoms with Crippen LogP contribution in [0, 0.1) is 0 Å². The zero-order valence-corrected chi connectivity index (χ0v) is 6.26. The average molecular weight is 129 g/mol. The van der Waals surface area contributed by atoms with Crippen molar-refractivity contribution in [2.45, 2.75) is 13.3 Å². The molecule has 2 heteroatoms. The maximum atomic E-state index is 4.99. The van der Waals surface area contributed by atoms with Gasteiger partial charge in [-0.2, -0.15) is 5.06 Å². The lowest BCUT2D eigenvalue weighted by molar-refractivity contribution is -0.121. The highest BCUT2D eigenvalue weighted by Crippen LogP contribution is 1.89. The van der Waals surface area contributed by atoms with Crippen molar-refractivity contribution in [3.63, 3.8) is 0 Å². The van der Waals surface area contributed by atoms with E-state index in [1.165, 1.54) is 0 Å². The van der Waals surface area contributed by atoms with Gasteiger partial charge in [-0.25, -0.2) is 0 Å². The highest BCUT2D eigenvalue weighted by Gasteiger charge is 1.95. The summed E-state index contributed by atoms with van der Waals surface area (Å²) in [4.78, 5) is 4.99. The van der Waals surface area contributed by atoms with Crippen LogP contribution in [0.15, 0.2) is 12.7 Å². The van der Waals surface area contributed by atoms with Gasteiger partial charge in [0.2, 0.25) is 0 Å². The summed E-state index contributed by atoms with van der Waals surface area (Å²) in [6.07, 6.45) is 2.95. The maximum Gasteiger partial charge on any atom is 0.0575 e. The van der Waals surface area contributed by atoms with E-state index in [9.17, 15) is 0 Å². The van der Waals surface area contributed by atoms with E-state index in [4.69, 9.17) is 4.84 Å². The summed E-state index contributed by atoms with van der Waals surface area (Å²) in [5.41, 5.74) is 0. The van der Waals surface area contributed by atoms with Crippen LogP contribution < -0.4 is 0 Å². The Morgan fingerprint density at radius 2 is 2.33 bits per heavy atom. The second-order valence-corrected chi connectivity index (χ2v) is 1.86. The predicted molar refractivity (Wildman–Crippen MR) is 39.1 cm³/mol. The highest BCUT2D eigenvalue weighted by atomic mass is 16.7. The predicted octanol–water partition coefficient (Wildman–Crippen LogP) is 1.45. The van der Waals surface area contributed by atoms with E-state index in [1.807, 2.05) is 11.1 Å². The summed E-state index contributed by atoms with van der Waals surface area (Å²) >= 11 is 0. The molecule has 0 radical (unpaired) electrons. The van der Waals surface area contributed by atoms with Crippen molar-refractivity contribution in [3.05, 3.63) is 12.7 Å². The fourth-order valence-electron chi connectivity index (χ4n) is 0.651. The molecule has 0 aliphatic heterocycles. The first-order chi connectivity index (χ1) is 4.35. The molecule has 0 fully saturated rings. The fraction of sp³-hybridized carbons (Fsp3) is 0.714. The Morgan fingerprint density at radius 1 is 1.67 bits per heavy atom. The summed E-state index contributed by atoms with van der Waals surface area (Å²) in [5, 5.41) is 1.87. The molecule has 0 aromatic carbocycles. The van der Waals surface area contributed by atoms with Crippen LogP contribution >= 0.6 is 0 Å². The molecule has 0 N–H and O–H groups in total. The molecule has 0 aromatic rings. The van der Waals surface area contributed by atoms with Gasteiger partial charge in [-0.3, -0.25) is 0 Å². The van der Waals surface area contributed by atoms with Crippen LogP contribution in [0.2, 0.25) is 0 Å². The summed E-state index contributed by atoms with van der Waals surface area (Å²) in [7, 11) is 1.68. The molecule has 0 aliphatic carbocycles. The Hall–Kier alpha value is -0.340. The zero-order valence-electron chi connectivity index (χ0n) is 6.26. The number of rotatable bonds is 5. The third kappa shape index (κ3) is 4.18. The number of hydrogen-bond donors (Lipinski definition) is 0. The van der Waals surface area contributed by atoms with Crippen molar-refractivity contribution in [1.29, 1.82) is 0 Å². The summed E-state index contributed by atoms with van der Waals surface area (Å²) in [6, 6.07) is 0. The van der Waals surface area contributed by atoms with E-state index in [0.29, 0.717) is 0 Å².